The summed E-state index contributed by atoms with van der Waals surface area (Å²) in [4.78, 5) is 46.4. The highest BCUT2D eigenvalue weighted by Crippen LogP contribution is 2.16. The largest absolute Gasteiger partial charge is 0.340 e. The number of imide groups is 1. The molecule has 1 aromatic rings. The Bertz CT molecular complexity index is 632. The molecule has 0 spiro atoms. The molecule has 22 heavy (non-hydrogen) atoms. The number of amides is 4. The van der Waals surface area contributed by atoms with Crippen LogP contribution in [0.2, 0.25) is 0 Å². The number of rotatable bonds is 4. The minimum atomic E-state index is -0.776. The minimum absolute atomic E-state index is 0.168. The molecule has 0 aromatic heterocycles. The number of hydrogen-bond donors (Lipinski definition) is 3. The number of alkyl halides is 1. The van der Waals surface area contributed by atoms with Crippen molar-refractivity contribution in [3.8, 4) is 0 Å². The zero-order valence-electron chi connectivity index (χ0n) is 11.5. The summed E-state index contributed by atoms with van der Waals surface area (Å²) in [6, 6.07) is 5.60. The molecule has 116 valence electrons. The average Bonchev–Trinajstić information content (AvgIpc) is 2.50. The quantitative estimate of drug-likeness (QED) is 0.551. The van der Waals surface area contributed by atoms with Crippen LogP contribution in [0, 0.1) is 0 Å². The predicted molar refractivity (Wildman–Crippen MR) is 79.4 cm³/mol. The van der Waals surface area contributed by atoms with E-state index in [1.54, 1.807) is 18.2 Å². The Kier molecular flexibility index (Phi) is 5.11. The molecule has 1 aliphatic heterocycles. The highest BCUT2D eigenvalue weighted by molar-refractivity contribution is 6.29. The van der Waals surface area contributed by atoms with Crippen molar-refractivity contribution in [2.75, 3.05) is 11.2 Å². The van der Waals surface area contributed by atoms with Gasteiger partial charge in [-0.1, -0.05) is 12.1 Å². The fourth-order valence-corrected chi connectivity index (χ4v) is 2.11. The Morgan fingerprint density at radius 2 is 2.00 bits per heavy atom. The first kappa shape index (κ1) is 16.0. The van der Waals surface area contributed by atoms with Crippen molar-refractivity contribution in [3.05, 3.63) is 29.8 Å². The molecule has 0 saturated carbocycles. The molecular weight excluding hydrogens is 310 g/mol. The Morgan fingerprint density at radius 3 is 2.68 bits per heavy atom. The number of anilines is 1. The van der Waals surface area contributed by atoms with Gasteiger partial charge in [0.2, 0.25) is 17.7 Å². The second kappa shape index (κ2) is 7.04. The monoisotopic (exact) mass is 323 g/mol. The third-order valence-corrected chi connectivity index (χ3v) is 3.35. The smallest absolute Gasteiger partial charge is 0.254 e. The van der Waals surface area contributed by atoms with Crippen molar-refractivity contribution in [3.63, 3.8) is 0 Å². The second-order valence-electron chi connectivity index (χ2n) is 4.70. The average molecular weight is 324 g/mol. The molecule has 2 rings (SSSR count). The molecule has 1 atom stereocenters. The molecule has 4 amide bonds. The van der Waals surface area contributed by atoms with E-state index in [-0.39, 0.29) is 30.2 Å². The summed E-state index contributed by atoms with van der Waals surface area (Å²) in [6.45, 7) is 0. The number of halogens is 1. The zero-order valence-corrected chi connectivity index (χ0v) is 12.3. The van der Waals surface area contributed by atoms with Crippen LogP contribution in [0.15, 0.2) is 24.3 Å². The summed E-state index contributed by atoms with van der Waals surface area (Å²) < 4.78 is 0. The van der Waals surface area contributed by atoms with Gasteiger partial charge in [0.1, 0.15) is 11.9 Å². The minimum Gasteiger partial charge on any atom is -0.340 e. The fraction of sp³-hybridized carbons (Fsp3) is 0.286. The summed E-state index contributed by atoms with van der Waals surface area (Å²) in [5.74, 6) is -2.08. The number of hydrogen-bond acceptors (Lipinski definition) is 4. The van der Waals surface area contributed by atoms with Crippen LogP contribution in [0.3, 0.4) is 0 Å². The van der Waals surface area contributed by atoms with Gasteiger partial charge in [-0.3, -0.25) is 24.5 Å². The summed E-state index contributed by atoms with van der Waals surface area (Å²) >= 11 is 5.42. The Balaban J connectivity index is 2.11. The van der Waals surface area contributed by atoms with E-state index in [9.17, 15) is 19.2 Å². The van der Waals surface area contributed by atoms with Gasteiger partial charge in [0.15, 0.2) is 0 Å². The van der Waals surface area contributed by atoms with Gasteiger partial charge in [0.25, 0.3) is 5.91 Å². The SMILES string of the molecule is O=C1CCC(NC(=O)c2ccccc2NC(=O)CCl)C(=O)N1. The fourth-order valence-electron chi connectivity index (χ4n) is 2.04. The standard InChI is InChI=1S/C14H14ClN3O4/c15-7-12(20)16-9-4-2-1-3-8(9)13(21)17-10-5-6-11(19)18-14(10)22/h1-4,10H,5-7H2,(H,16,20)(H,17,21)(H,18,19,22). The molecule has 1 fully saturated rings. The lowest BCUT2D eigenvalue weighted by atomic mass is 10.0. The number of para-hydroxylation sites is 1. The lowest BCUT2D eigenvalue weighted by Gasteiger charge is -2.22. The van der Waals surface area contributed by atoms with Gasteiger partial charge in [0, 0.05) is 6.42 Å². The molecular formula is C14H14ClN3O4. The summed E-state index contributed by atoms with van der Waals surface area (Å²) in [6.07, 6.45) is 0.411. The number of piperidine rings is 1. The van der Waals surface area contributed by atoms with Crippen LogP contribution in [0.5, 0.6) is 0 Å². The van der Waals surface area contributed by atoms with E-state index in [0.29, 0.717) is 5.69 Å². The zero-order chi connectivity index (χ0) is 16.1. The van der Waals surface area contributed by atoms with Crippen molar-refractivity contribution in [2.24, 2.45) is 0 Å². The Morgan fingerprint density at radius 1 is 1.27 bits per heavy atom. The van der Waals surface area contributed by atoms with Crippen LogP contribution in [-0.4, -0.2) is 35.6 Å². The molecule has 0 aliphatic carbocycles. The number of benzene rings is 1. The molecule has 3 N–H and O–H groups in total. The van der Waals surface area contributed by atoms with Crippen LogP contribution in [0.25, 0.3) is 0 Å². The molecule has 8 heteroatoms. The van der Waals surface area contributed by atoms with E-state index in [1.165, 1.54) is 6.07 Å². The first-order valence-corrected chi connectivity index (χ1v) is 7.14. The van der Waals surface area contributed by atoms with Crippen LogP contribution in [0.1, 0.15) is 23.2 Å². The first-order valence-electron chi connectivity index (χ1n) is 6.60. The van der Waals surface area contributed by atoms with Crippen LogP contribution < -0.4 is 16.0 Å². The van der Waals surface area contributed by atoms with Gasteiger partial charge in [0.05, 0.1) is 11.3 Å². The Hall–Kier alpha value is -2.41. The highest BCUT2D eigenvalue weighted by Gasteiger charge is 2.28. The second-order valence-corrected chi connectivity index (χ2v) is 4.97. The van der Waals surface area contributed by atoms with Crippen LogP contribution >= 0.6 is 11.6 Å². The number of carbonyl (C=O) groups excluding carboxylic acids is 4. The van der Waals surface area contributed by atoms with Crippen LogP contribution in [0.4, 0.5) is 5.69 Å². The molecule has 1 unspecified atom stereocenters. The highest BCUT2D eigenvalue weighted by atomic mass is 35.5. The van der Waals surface area contributed by atoms with Gasteiger partial charge >= 0.3 is 0 Å². The molecule has 1 saturated heterocycles. The first-order chi connectivity index (χ1) is 10.5. The third kappa shape index (κ3) is 3.82. The van der Waals surface area contributed by atoms with Gasteiger partial charge < -0.3 is 10.6 Å². The molecule has 0 bridgehead atoms. The van der Waals surface area contributed by atoms with Gasteiger partial charge in [-0.05, 0) is 18.6 Å². The van der Waals surface area contributed by atoms with E-state index in [0.717, 1.165) is 0 Å². The van der Waals surface area contributed by atoms with E-state index in [1.807, 2.05) is 0 Å². The maximum Gasteiger partial charge on any atom is 0.254 e. The lowest BCUT2D eigenvalue weighted by molar-refractivity contribution is -0.134. The normalized spacial score (nSPS) is 17.6. The number of nitrogens with one attached hydrogen (secondary N) is 3. The maximum absolute atomic E-state index is 12.3. The van der Waals surface area contributed by atoms with E-state index >= 15 is 0 Å². The molecule has 7 nitrogen and oxygen atoms in total. The van der Waals surface area contributed by atoms with Crippen molar-refractivity contribution >= 4 is 40.9 Å². The summed E-state index contributed by atoms with van der Waals surface area (Å²) in [5, 5.41) is 7.22. The molecule has 0 radical (unpaired) electrons. The van der Waals surface area contributed by atoms with Gasteiger partial charge in [-0.2, -0.15) is 0 Å². The summed E-state index contributed by atoms with van der Waals surface area (Å²) in [5.41, 5.74) is 0.517. The molecule has 1 aliphatic rings. The van der Waals surface area contributed by atoms with Crippen LogP contribution in [-0.2, 0) is 14.4 Å². The lowest BCUT2D eigenvalue weighted by Crippen LogP contribution is -2.52. The van der Waals surface area contributed by atoms with E-state index < -0.39 is 23.8 Å². The molecule has 1 heterocycles. The topological polar surface area (TPSA) is 104 Å². The van der Waals surface area contributed by atoms with Gasteiger partial charge in [-0.15, -0.1) is 11.6 Å². The third-order valence-electron chi connectivity index (χ3n) is 3.11. The Labute approximate surface area is 131 Å². The van der Waals surface area contributed by atoms with E-state index in [2.05, 4.69) is 16.0 Å². The van der Waals surface area contributed by atoms with Crippen molar-refractivity contribution in [1.82, 2.24) is 10.6 Å². The van der Waals surface area contributed by atoms with Crippen molar-refractivity contribution < 1.29 is 19.2 Å². The summed E-state index contributed by atoms with van der Waals surface area (Å²) in [7, 11) is 0. The predicted octanol–water partition coefficient (Wildman–Crippen LogP) is 0.399. The number of carbonyl (C=O) groups is 4. The molecule has 1 aromatic carbocycles. The van der Waals surface area contributed by atoms with E-state index in [4.69, 9.17) is 11.6 Å². The van der Waals surface area contributed by atoms with Crippen molar-refractivity contribution in [2.45, 2.75) is 18.9 Å². The van der Waals surface area contributed by atoms with Gasteiger partial charge in [-0.25, -0.2) is 0 Å². The maximum atomic E-state index is 12.3. The van der Waals surface area contributed by atoms with Crippen molar-refractivity contribution in [1.29, 1.82) is 0 Å².